The molecule has 0 saturated carbocycles. The van der Waals surface area contributed by atoms with Crippen molar-refractivity contribution in [2.45, 2.75) is 20.3 Å². The number of H-pyrrole nitrogens is 1. The van der Waals surface area contributed by atoms with Crippen LogP contribution in [0.15, 0.2) is 23.0 Å². The molecule has 0 aliphatic carbocycles. The molecule has 0 unspecified atom stereocenters. The van der Waals surface area contributed by atoms with Crippen molar-refractivity contribution in [3.05, 3.63) is 56.1 Å². The van der Waals surface area contributed by atoms with E-state index in [0.29, 0.717) is 65.7 Å². The maximum absolute atomic E-state index is 13.2. The van der Waals surface area contributed by atoms with Crippen LogP contribution in [-0.4, -0.2) is 69.7 Å². The van der Waals surface area contributed by atoms with Crippen molar-refractivity contribution in [3.8, 4) is 5.75 Å². The smallest absolute Gasteiger partial charge is 0.273 e. The average molecular weight is 472 g/mol. The molecular formula is C23H26ClN5O4. The zero-order valence-corrected chi connectivity index (χ0v) is 19.8. The largest absolute Gasteiger partial charge is 0.495 e. The number of aromatic nitrogens is 3. The van der Waals surface area contributed by atoms with Gasteiger partial charge >= 0.3 is 0 Å². The number of rotatable bonds is 4. The van der Waals surface area contributed by atoms with Crippen LogP contribution in [0, 0.1) is 6.92 Å². The highest BCUT2D eigenvalue weighted by atomic mass is 35.5. The van der Waals surface area contributed by atoms with E-state index in [1.165, 1.54) is 17.9 Å². The highest BCUT2D eigenvalue weighted by Crippen LogP contribution is 2.25. The molecule has 0 atom stereocenters. The first-order valence-corrected chi connectivity index (χ1v) is 11.1. The van der Waals surface area contributed by atoms with Gasteiger partial charge in [-0.3, -0.25) is 19.1 Å². The lowest BCUT2D eigenvalue weighted by Crippen LogP contribution is -2.51. The van der Waals surface area contributed by atoms with E-state index >= 15 is 0 Å². The van der Waals surface area contributed by atoms with E-state index in [1.807, 2.05) is 19.9 Å². The van der Waals surface area contributed by atoms with Crippen molar-refractivity contribution in [1.29, 1.82) is 0 Å². The Bertz CT molecular complexity index is 1300. The Balaban J connectivity index is 1.53. The summed E-state index contributed by atoms with van der Waals surface area (Å²) >= 11 is 6.36. The summed E-state index contributed by atoms with van der Waals surface area (Å²) in [4.78, 5) is 45.3. The van der Waals surface area contributed by atoms with Crippen molar-refractivity contribution in [1.82, 2.24) is 24.6 Å². The van der Waals surface area contributed by atoms with Gasteiger partial charge in [0.15, 0.2) is 5.43 Å². The van der Waals surface area contributed by atoms with Gasteiger partial charge in [-0.25, -0.2) is 0 Å². The summed E-state index contributed by atoms with van der Waals surface area (Å²) in [6, 6.07) is 4.90. The van der Waals surface area contributed by atoms with Crippen molar-refractivity contribution < 1.29 is 14.3 Å². The van der Waals surface area contributed by atoms with Crippen LogP contribution in [0.2, 0.25) is 5.02 Å². The molecule has 1 aliphatic rings. The average Bonchev–Trinajstić information content (AvgIpc) is 3.11. The van der Waals surface area contributed by atoms with Gasteiger partial charge in [0.1, 0.15) is 17.1 Å². The lowest BCUT2D eigenvalue weighted by Gasteiger charge is -2.34. The SMILES string of the molecule is CCc1nn(C)c(C(=O)N2CCN(C(=O)c3cc(=O)c4c(C)ccc(OC)c4[nH]3)CC2)c1Cl. The Morgan fingerprint density at radius 2 is 1.79 bits per heavy atom. The van der Waals surface area contributed by atoms with Gasteiger partial charge in [-0.1, -0.05) is 24.6 Å². The molecule has 0 spiro atoms. The first kappa shape index (κ1) is 22.8. The van der Waals surface area contributed by atoms with Gasteiger partial charge in [-0.05, 0) is 25.0 Å². The molecule has 174 valence electrons. The molecule has 33 heavy (non-hydrogen) atoms. The van der Waals surface area contributed by atoms with E-state index in [2.05, 4.69) is 10.1 Å². The van der Waals surface area contributed by atoms with E-state index in [0.717, 1.165) is 5.56 Å². The van der Waals surface area contributed by atoms with E-state index in [4.69, 9.17) is 16.3 Å². The number of nitrogens with one attached hydrogen (secondary N) is 1. The Morgan fingerprint density at radius 3 is 2.36 bits per heavy atom. The number of hydrogen-bond donors (Lipinski definition) is 1. The molecule has 4 rings (SSSR count). The first-order chi connectivity index (χ1) is 15.8. The maximum Gasteiger partial charge on any atom is 0.273 e. The van der Waals surface area contributed by atoms with Gasteiger partial charge in [0.2, 0.25) is 0 Å². The third-order valence-electron chi connectivity index (χ3n) is 6.05. The molecule has 1 saturated heterocycles. The molecule has 2 amide bonds. The van der Waals surface area contributed by atoms with Crippen LogP contribution in [0.1, 0.15) is 39.2 Å². The van der Waals surface area contributed by atoms with Gasteiger partial charge in [0.25, 0.3) is 11.8 Å². The predicted octanol–water partition coefficient (Wildman–Crippen LogP) is 2.39. The van der Waals surface area contributed by atoms with Crippen LogP contribution in [0.5, 0.6) is 5.75 Å². The molecule has 3 aromatic rings. The Morgan fingerprint density at radius 1 is 1.15 bits per heavy atom. The summed E-state index contributed by atoms with van der Waals surface area (Å²) in [6.45, 7) is 5.16. The minimum absolute atomic E-state index is 0.193. The number of benzene rings is 1. The summed E-state index contributed by atoms with van der Waals surface area (Å²) in [5, 5.41) is 5.19. The van der Waals surface area contributed by atoms with Crippen LogP contribution in [0.3, 0.4) is 0 Å². The summed E-state index contributed by atoms with van der Waals surface area (Å²) in [5.74, 6) is -0.00474. The fourth-order valence-corrected chi connectivity index (χ4v) is 4.61. The number of nitrogens with zero attached hydrogens (tertiary/aromatic N) is 4. The van der Waals surface area contributed by atoms with E-state index in [-0.39, 0.29) is 22.9 Å². The minimum atomic E-state index is -0.295. The van der Waals surface area contributed by atoms with Crippen LogP contribution in [-0.2, 0) is 13.5 Å². The Labute approximate surface area is 195 Å². The van der Waals surface area contributed by atoms with Crippen LogP contribution < -0.4 is 10.2 Å². The first-order valence-electron chi connectivity index (χ1n) is 10.8. The van der Waals surface area contributed by atoms with Crippen molar-refractivity contribution >= 4 is 34.3 Å². The zero-order valence-electron chi connectivity index (χ0n) is 19.1. The fraction of sp³-hybridized carbons (Fsp3) is 0.391. The maximum atomic E-state index is 13.2. The number of halogens is 1. The standard InChI is InChI=1S/C23H26ClN5O4/c1-5-14-19(24)21(27(3)26-14)23(32)29-10-8-28(9-11-29)22(31)15-12-16(30)18-13(2)6-7-17(33-4)20(18)25-15/h6-7,12H,5,8-11H2,1-4H3,(H,25,30). The third-order valence-corrected chi connectivity index (χ3v) is 6.45. The second-order valence-electron chi connectivity index (χ2n) is 8.05. The molecule has 2 aromatic heterocycles. The van der Waals surface area contributed by atoms with Gasteiger partial charge in [0.05, 0.1) is 28.7 Å². The lowest BCUT2D eigenvalue weighted by molar-refractivity contribution is 0.0526. The number of carbonyl (C=O) groups excluding carboxylic acids is 2. The summed E-state index contributed by atoms with van der Waals surface area (Å²) in [5.41, 5.74) is 2.29. The molecule has 10 heteroatoms. The minimum Gasteiger partial charge on any atom is -0.495 e. The summed E-state index contributed by atoms with van der Waals surface area (Å²) in [7, 11) is 3.22. The van der Waals surface area contributed by atoms with E-state index in [9.17, 15) is 14.4 Å². The number of hydrogen-bond acceptors (Lipinski definition) is 5. The van der Waals surface area contributed by atoms with E-state index in [1.54, 1.807) is 22.9 Å². The Hall–Kier alpha value is -3.33. The number of aromatic amines is 1. The third kappa shape index (κ3) is 3.97. The molecule has 1 aliphatic heterocycles. The topological polar surface area (TPSA) is 101 Å². The summed E-state index contributed by atoms with van der Waals surface area (Å²) < 4.78 is 6.88. The van der Waals surface area contributed by atoms with Gasteiger partial charge in [-0.2, -0.15) is 5.10 Å². The number of ether oxygens (including phenoxy) is 1. The van der Waals surface area contributed by atoms with Crippen LogP contribution >= 0.6 is 11.6 Å². The van der Waals surface area contributed by atoms with Crippen molar-refractivity contribution in [3.63, 3.8) is 0 Å². The van der Waals surface area contributed by atoms with Crippen molar-refractivity contribution in [2.75, 3.05) is 33.3 Å². The molecular weight excluding hydrogens is 446 g/mol. The van der Waals surface area contributed by atoms with Crippen molar-refractivity contribution in [2.24, 2.45) is 7.05 Å². The molecule has 0 bridgehead atoms. The molecule has 1 N–H and O–H groups in total. The number of carbonyl (C=O) groups is 2. The Kier molecular flexibility index (Phi) is 6.16. The fourth-order valence-electron chi connectivity index (χ4n) is 4.23. The molecule has 1 aromatic carbocycles. The number of pyridine rings is 1. The molecule has 9 nitrogen and oxygen atoms in total. The zero-order chi connectivity index (χ0) is 23.9. The summed E-state index contributed by atoms with van der Waals surface area (Å²) in [6.07, 6.45) is 0.635. The number of piperazine rings is 1. The number of fused-ring (bicyclic) bond motifs is 1. The lowest BCUT2D eigenvalue weighted by atomic mass is 10.1. The van der Waals surface area contributed by atoms with Crippen LogP contribution in [0.25, 0.3) is 10.9 Å². The quantitative estimate of drug-likeness (QED) is 0.629. The molecule has 1 fully saturated rings. The highest BCUT2D eigenvalue weighted by molar-refractivity contribution is 6.34. The monoisotopic (exact) mass is 471 g/mol. The molecule has 0 radical (unpaired) electrons. The molecule has 3 heterocycles. The van der Waals surface area contributed by atoms with E-state index < -0.39 is 0 Å². The predicted molar refractivity (Wildman–Crippen MR) is 125 cm³/mol. The number of aryl methyl sites for hydroxylation is 3. The van der Waals surface area contributed by atoms with Gasteiger partial charge in [0, 0.05) is 39.3 Å². The van der Waals surface area contributed by atoms with Gasteiger partial charge in [-0.15, -0.1) is 0 Å². The second kappa shape index (κ2) is 8.90. The normalized spacial score (nSPS) is 14.1. The second-order valence-corrected chi connectivity index (χ2v) is 8.43. The number of methoxy groups -OCH3 is 1. The number of amides is 2. The van der Waals surface area contributed by atoms with Gasteiger partial charge < -0.3 is 19.5 Å². The highest BCUT2D eigenvalue weighted by Gasteiger charge is 2.30. The van der Waals surface area contributed by atoms with Crippen LogP contribution in [0.4, 0.5) is 0 Å².